The molecule has 2 rings (SSSR count). The molecule has 9 nitrogen and oxygen atoms in total. The smallest absolute Gasteiger partial charge is 0.408 e. The maximum absolute atomic E-state index is 12.0. The van der Waals surface area contributed by atoms with Crippen LogP contribution in [0.1, 0.15) is 31.3 Å². The summed E-state index contributed by atoms with van der Waals surface area (Å²) in [6, 6.07) is 7.10. The maximum Gasteiger partial charge on any atom is 0.408 e. The number of ether oxygens (including phenoxy) is 1. The van der Waals surface area contributed by atoms with E-state index in [0.717, 1.165) is 0 Å². The molecule has 0 saturated heterocycles. The van der Waals surface area contributed by atoms with Crippen molar-refractivity contribution in [1.29, 1.82) is 0 Å². The van der Waals surface area contributed by atoms with Crippen molar-refractivity contribution in [2.24, 2.45) is 10.9 Å². The van der Waals surface area contributed by atoms with E-state index in [0.29, 0.717) is 10.9 Å². The first-order valence-corrected chi connectivity index (χ1v) is 7.20. The van der Waals surface area contributed by atoms with Gasteiger partial charge in [0.15, 0.2) is 11.5 Å². The normalized spacial score (nSPS) is 12.0. The molecule has 2 aromatic rings. The van der Waals surface area contributed by atoms with Gasteiger partial charge in [-0.25, -0.2) is 9.59 Å². The number of fused-ring (bicyclic) bond motifs is 1. The highest BCUT2D eigenvalue weighted by atomic mass is 16.7. The zero-order chi connectivity index (χ0) is 17.7. The van der Waals surface area contributed by atoms with Crippen molar-refractivity contribution >= 4 is 28.8 Å². The standard InChI is InChI=1S/C15H19N5O4/c1-15(2,3)23-14(22)17-8-11(16)20-24-13(21)12-9-6-4-5-7-10(9)18-19-12/h4-7H,8H2,1-3H3,(H2,16,20)(H,17,22)(H,18,19). The van der Waals surface area contributed by atoms with Gasteiger partial charge in [0.05, 0.1) is 12.1 Å². The second-order valence-electron chi connectivity index (χ2n) is 5.93. The van der Waals surface area contributed by atoms with Gasteiger partial charge in [-0.3, -0.25) is 5.10 Å². The zero-order valence-corrected chi connectivity index (χ0v) is 13.6. The quantitative estimate of drug-likeness (QED) is 0.336. The molecule has 0 aliphatic heterocycles. The molecular weight excluding hydrogens is 314 g/mol. The SMILES string of the molecule is CC(C)(C)OC(=O)NCC(N)=NOC(=O)c1n[nH]c2ccccc12. The lowest BCUT2D eigenvalue weighted by atomic mass is 10.2. The number of hydrogen-bond acceptors (Lipinski definition) is 6. The number of carbonyl (C=O) groups excluding carboxylic acids is 2. The third-order valence-electron chi connectivity index (χ3n) is 2.72. The number of H-pyrrole nitrogens is 1. The third-order valence-corrected chi connectivity index (χ3v) is 2.72. The fourth-order valence-corrected chi connectivity index (χ4v) is 1.77. The summed E-state index contributed by atoms with van der Waals surface area (Å²) in [6.07, 6.45) is -0.648. The van der Waals surface area contributed by atoms with Gasteiger partial charge in [-0.1, -0.05) is 23.4 Å². The highest BCUT2D eigenvalue weighted by Gasteiger charge is 2.17. The molecule has 0 atom stereocenters. The second-order valence-corrected chi connectivity index (χ2v) is 5.93. The average Bonchev–Trinajstić information content (AvgIpc) is 2.93. The summed E-state index contributed by atoms with van der Waals surface area (Å²) in [4.78, 5) is 28.2. The van der Waals surface area contributed by atoms with Crippen LogP contribution >= 0.6 is 0 Å². The Hall–Kier alpha value is -3.10. The number of nitrogens with zero attached hydrogens (tertiary/aromatic N) is 2. The molecule has 0 aliphatic carbocycles. The van der Waals surface area contributed by atoms with Gasteiger partial charge < -0.3 is 20.6 Å². The number of carbonyl (C=O) groups is 2. The number of benzene rings is 1. The zero-order valence-electron chi connectivity index (χ0n) is 13.6. The van der Waals surface area contributed by atoms with Gasteiger partial charge in [0.25, 0.3) is 0 Å². The van der Waals surface area contributed by atoms with Crippen LogP contribution in [0.25, 0.3) is 10.9 Å². The molecule has 0 saturated carbocycles. The Morgan fingerprint density at radius 1 is 1.33 bits per heavy atom. The molecular formula is C15H19N5O4. The Morgan fingerprint density at radius 2 is 2.04 bits per heavy atom. The summed E-state index contributed by atoms with van der Waals surface area (Å²) in [5, 5.41) is 13.1. The number of aromatic amines is 1. The summed E-state index contributed by atoms with van der Waals surface area (Å²) in [6.45, 7) is 5.09. The Balaban J connectivity index is 1.90. The van der Waals surface area contributed by atoms with Crippen molar-refractivity contribution in [2.45, 2.75) is 26.4 Å². The summed E-state index contributed by atoms with van der Waals surface area (Å²) < 4.78 is 5.04. The molecule has 0 aliphatic rings. The van der Waals surface area contributed by atoms with Crippen molar-refractivity contribution in [1.82, 2.24) is 15.5 Å². The van der Waals surface area contributed by atoms with E-state index in [1.54, 1.807) is 39.0 Å². The fraction of sp³-hybridized carbons (Fsp3) is 0.333. The van der Waals surface area contributed by atoms with E-state index in [-0.39, 0.29) is 18.1 Å². The molecule has 1 aromatic heterocycles. The van der Waals surface area contributed by atoms with Crippen LogP contribution in [0.4, 0.5) is 4.79 Å². The van der Waals surface area contributed by atoms with Crippen molar-refractivity contribution < 1.29 is 19.2 Å². The second kappa shape index (κ2) is 6.99. The van der Waals surface area contributed by atoms with Gasteiger partial charge in [0, 0.05) is 5.39 Å². The first-order valence-electron chi connectivity index (χ1n) is 7.20. The number of rotatable bonds is 4. The largest absolute Gasteiger partial charge is 0.444 e. The van der Waals surface area contributed by atoms with E-state index >= 15 is 0 Å². The van der Waals surface area contributed by atoms with E-state index in [1.165, 1.54) is 0 Å². The number of alkyl carbamates (subject to hydrolysis) is 1. The molecule has 1 heterocycles. The fourth-order valence-electron chi connectivity index (χ4n) is 1.77. The van der Waals surface area contributed by atoms with Gasteiger partial charge in [-0.15, -0.1) is 0 Å². The minimum absolute atomic E-state index is 0.0888. The number of para-hydroxylation sites is 1. The number of nitrogens with two attached hydrogens (primary N) is 1. The Kier molecular flexibility index (Phi) is 5.02. The van der Waals surface area contributed by atoms with Crippen LogP contribution in [-0.4, -0.2) is 40.2 Å². The number of hydrogen-bond donors (Lipinski definition) is 3. The summed E-state index contributed by atoms with van der Waals surface area (Å²) in [5.74, 6) is -0.846. The van der Waals surface area contributed by atoms with Crippen LogP contribution in [0, 0.1) is 0 Å². The number of amides is 1. The van der Waals surface area contributed by atoms with Crippen LogP contribution in [0.5, 0.6) is 0 Å². The molecule has 9 heteroatoms. The van der Waals surface area contributed by atoms with Crippen molar-refractivity contribution in [3.63, 3.8) is 0 Å². The van der Waals surface area contributed by atoms with E-state index in [2.05, 4.69) is 20.7 Å². The highest BCUT2D eigenvalue weighted by Crippen LogP contribution is 2.15. The molecule has 1 aromatic carbocycles. The van der Waals surface area contributed by atoms with Crippen molar-refractivity contribution in [3.05, 3.63) is 30.0 Å². The first-order chi connectivity index (χ1) is 11.3. The molecule has 0 radical (unpaired) electrons. The van der Waals surface area contributed by atoms with Crippen LogP contribution < -0.4 is 11.1 Å². The molecule has 0 fully saturated rings. The third kappa shape index (κ3) is 4.70. The van der Waals surface area contributed by atoms with Crippen LogP contribution in [0.15, 0.2) is 29.4 Å². The van der Waals surface area contributed by atoms with Gasteiger partial charge in [0.1, 0.15) is 5.60 Å². The number of oxime groups is 1. The highest BCUT2D eigenvalue weighted by molar-refractivity contribution is 6.02. The van der Waals surface area contributed by atoms with E-state index < -0.39 is 17.7 Å². The number of aromatic nitrogens is 2. The predicted molar refractivity (Wildman–Crippen MR) is 87.4 cm³/mol. The van der Waals surface area contributed by atoms with Crippen molar-refractivity contribution in [2.75, 3.05) is 6.54 Å². The molecule has 0 bridgehead atoms. The summed E-state index contributed by atoms with van der Waals surface area (Å²) in [5.41, 5.74) is 5.75. The Morgan fingerprint density at radius 3 is 2.75 bits per heavy atom. The summed E-state index contributed by atoms with van der Waals surface area (Å²) >= 11 is 0. The number of nitrogens with one attached hydrogen (secondary N) is 2. The first kappa shape index (κ1) is 17.3. The molecule has 0 spiro atoms. The van der Waals surface area contributed by atoms with Gasteiger partial charge in [-0.2, -0.15) is 5.10 Å². The lowest BCUT2D eigenvalue weighted by Gasteiger charge is -2.19. The lowest BCUT2D eigenvalue weighted by Crippen LogP contribution is -2.37. The maximum atomic E-state index is 12.0. The molecule has 24 heavy (non-hydrogen) atoms. The minimum Gasteiger partial charge on any atom is -0.444 e. The van der Waals surface area contributed by atoms with E-state index in [4.69, 9.17) is 15.3 Å². The van der Waals surface area contributed by atoms with E-state index in [1.807, 2.05) is 6.07 Å². The molecule has 1 amide bonds. The van der Waals surface area contributed by atoms with Crippen LogP contribution in [0.2, 0.25) is 0 Å². The van der Waals surface area contributed by atoms with Crippen LogP contribution in [0.3, 0.4) is 0 Å². The Bertz CT molecular complexity index is 776. The van der Waals surface area contributed by atoms with Gasteiger partial charge >= 0.3 is 12.1 Å². The van der Waals surface area contributed by atoms with E-state index in [9.17, 15) is 9.59 Å². The predicted octanol–water partition coefficient (Wildman–Crippen LogP) is 1.52. The molecule has 4 N–H and O–H groups in total. The monoisotopic (exact) mass is 333 g/mol. The number of amidine groups is 1. The summed E-state index contributed by atoms with van der Waals surface area (Å²) in [7, 11) is 0. The van der Waals surface area contributed by atoms with Gasteiger partial charge in [0.2, 0.25) is 0 Å². The van der Waals surface area contributed by atoms with Gasteiger partial charge in [-0.05, 0) is 26.8 Å². The van der Waals surface area contributed by atoms with Crippen molar-refractivity contribution in [3.8, 4) is 0 Å². The Labute approximate surface area is 138 Å². The molecule has 128 valence electrons. The lowest BCUT2D eigenvalue weighted by molar-refractivity contribution is 0.0510. The topological polar surface area (TPSA) is 132 Å². The average molecular weight is 333 g/mol. The minimum atomic E-state index is -0.757. The molecule has 0 unspecified atom stereocenters. The van der Waals surface area contributed by atoms with Crippen LogP contribution in [-0.2, 0) is 9.57 Å².